The van der Waals surface area contributed by atoms with Crippen molar-refractivity contribution in [3.8, 4) is 0 Å². The van der Waals surface area contributed by atoms with Gasteiger partial charge in [-0.3, -0.25) is 14.5 Å². The summed E-state index contributed by atoms with van der Waals surface area (Å²) in [5.41, 5.74) is 2.74. The molecule has 2 saturated heterocycles. The number of likely N-dealkylation sites (tertiary alicyclic amines) is 1. The van der Waals surface area contributed by atoms with Crippen LogP contribution in [-0.4, -0.2) is 66.0 Å². The van der Waals surface area contributed by atoms with E-state index < -0.39 is 0 Å². The van der Waals surface area contributed by atoms with Crippen molar-refractivity contribution in [2.45, 2.75) is 26.3 Å². The number of hydrogen-bond acceptors (Lipinski definition) is 5. The van der Waals surface area contributed by atoms with Crippen LogP contribution in [0.1, 0.15) is 34.3 Å². The van der Waals surface area contributed by atoms with E-state index in [9.17, 15) is 9.59 Å². The highest BCUT2D eigenvalue weighted by atomic mass is 16.5. The van der Waals surface area contributed by atoms with E-state index in [-0.39, 0.29) is 17.7 Å². The summed E-state index contributed by atoms with van der Waals surface area (Å²) < 4.78 is 5.41. The molecule has 2 aliphatic rings. The van der Waals surface area contributed by atoms with Crippen molar-refractivity contribution in [1.29, 1.82) is 0 Å². The second-order valence-corrected chi connectivity index (χ2v) is 8.34. The highest BCUT2D eigenvalue weighted by molar-refractivity contribution is 5.96. The summed E-state index contributed by atoms with van der Waals surface area (Å²) in [6.45, 7) is 7.20. The van der Waals surface area contributed by atoms with Gasteiger partial charge in [0.25, 0.3) is 5.91 Å². The zero-order valence-corrected chi connectivity index (χ0v) is 18.0. The first-order valence-electron chi connectivity index (χ1n) is 11.0. The zero-order valence-electron chi connectivity index (χ0n) is 18.0. The summed E-state index contributed by atoms with van der Waals surface area (Å²) in [5, 5.41) is 2.93. The van der Waals surface area contributed by atoms with Gasteiger partial charge in [-0.15, -0.1) is 0 Å². The molecule has 1 unspecified atom stereocenters. The molecule has 2 fully saturated rings. The topological polar surface area (TPSA) is 74.8 Å². The lowest BCUT2D eigenvalue weighted by molar-refractivity contribution is -0.121. The van der Waals surface area contributed by atoms with Crippen LogP contribution in [0.2, 0.25) is 0 Å². The van der Waals surface area contributed by atoms with Gasteiger partial charge in [0.2, 0.25) is 5.91 Å². The van der Waals surface area contributed by atoms with Crippen molar-refractivity contribution >= 4 is 17.6 Å². The van der Waals surface area contributed by atoms with E-state index in [0.29, 0.717) is 24.5 Å². The molecular weight excluding hydrogens is 392 g/mol. The fraction of sp³-hybridized carbons (Fsp3) is 0.458. The Hall–Kier alpha value is -2.77. The van der Waals surface area contributed by atoms with Crippen molar-refractivity contribution in [1.82, 2.24) is 14.8 Å². The number of hydrogen-bond donors (Lipinski definition) is 1. The van der Waals surface area contributed by atoms with Gasteiger partial charge in [-0.1, -0.05) is 18.2 Å². The highest BCUT2D eigenvalue weighted by Gasteiger charge is 2.29. The molecule has 0 aliphatic carbocycles. The number of aromatic nitrogens is 1. The number of benzene rings is 1. The van der Waals surface area contributed by atoms with Crippen LogP contribution in [0.25, 0.3) is 0 Å². The first-order chi connectivity index (χ1) is 15.1. The number of aryl methyl sites for hydroxylation is 1. The van der Waals surface area contributed by atoms with Gasteiger partial charge in [-0.25, -0.2) is 4.98 Å². The molecule has 31 heavy (non-hydrogen) atoms. The average Bonchev–Trinajstić information content (AvgIpc) is 2.81. The number of piperidine rings is 1. The second-order valence-electron chi connectivity index (χ2n) is 8.34. The fourth-order valence-corrected chi connectivity index (χ4v) is 4.21. The van der Waals surface area contributed by atoms with E-state index in [1.54, 1.807) is 6.20 Å². The number of nitrogens with zero attached hydrogens (tertiary/aromatic N) is 3. The van der Waals surface area contributed by atoms with Crippen molar-refractivity contribution in [3.05, 3.63) is 59.3 Å². The van der Waals surface area contributed by atoms with Crippen molar-refractivity contribution in [3.63, 3.8) is 0 Å². The highest BCUT2D eigenvalue weighted by Crippen LogP contribution is 2.21. The first-order valence-corrected chi connectivity index (χ1v) is 11.0. The number of carbonyl (C=O) groups excluding carboxylic acids is 2. The molecule has 1 aromatic carbocycles. The molecular formula is C24H30N4O3. The Labute approximate surface area is 183 Å². The van der Waals surface area contributed by atoms with Gasteiger partial charge in [-0.2, -0.15) is 0 Å². The number of ether oxygens (including phenoxy) is 1. The Morgan fingerprint density at radius 2 is 2.00 bits per heavy atom. The Bertz CT molecular complexity index is 927. The molecule has 2 aromatic rings. The summed E-state index contributed by atoms with van der Waals surface area (Å²) in [7, 11) is 0. The molecule has 0 bridgehead atoms. The summed E-state index contributed by atoms with van der Waals surface area (Å²) in [6.07, 6.45) is 3.26. The maximum atomic E-state index is 13.2. The number of rotatable bonds is 5. The maximum absolute atomic E-state index is 13.2. The third-order valence-corrected chi connectivity index (χ3v) is 6.01. The standard InChI is InChI=1S/C24H30N4O3/c1-18-5-3-9-25-22(18)26-23(29)21-8-4-10-28(17-21)24(30)20-7-2-6-19(15-20)16-27-11-13-31-14-12-27/h2-3,5-7,9,15,21H,4,8,10-14,16-17H2,1H3,(H,25,26,29). The van der Waals surface area contributed by atoms with Crippen LogP contribution < -0.4 is 5.32 Å². The lowest BCUT2D eigenvalue weighted by Crippen LogP contribution is -2.44. The van der Waals surface area contributed by atoms with Crippen molar-refractivity contribution in [2.75, 3.05) is 44.7 Å². The molecule has 1 aromatic heterocycles. The minimum atomic E-state index is -0.226. The molecule has 1 N–H and O–H groups in total. The van der Waals surface area contributed by atoms with E-state index in [1.165, 1.54) is 0 Å². The molecule has 0 spiro atoms. The van der Waals surface area contributed by atoms with E-state index in [4.69, 9.17) is 4.74 Å². The first kappa shape index (κ1) is 21.5. The van der Waals surface area contributed by atoms with Gasteiger partial charge in [0, 0.05) is 44.5 Å². The second kappa shape index (κ2) is 10.0. The normalized spacial score (nSPS) is 19.8. The lowest BCUT2D eigenvalue weighted by Gasteiger charge is -2.32. The third-order valence-electron chi connectivity index (χ3n) is 6.01. The molecule has 7 nitrogen and oxygen atoms in total. The van der Waals surface area contributed by atoms with Gasteiger partial charge in [0.05, 0.1) is 19.1 Å². The van der Waals surface area contributed by atoms with Crippen molar-refractivity contribution < 1.29 is 14.3 Å². The Morgan fingerprint density at radius 3 is 2.81 bits per heavy atom. The SMILES string of the molecule is Cc1cccnc1NC(=O)C1CCCN(C(=O)c2cccc(CN3CCOCC3)c2)C1. The Kier molecular flexibility index (Phi) is 6.94. The number of pyridine rings is 1. The molecule has 0 saturated carbocycles. The molecule has 1 atom stereocenters. The molecule has 164 valence electrons. The monoisotopic (exact) mass is 422 g/mol. The predicted octanol–water partition coefficient (Wildman–Crippen LogP) is 2.71. The van der Waals surface area contributed by atoms with E-state index in [0.717, 1.165) is 56.8 Å². The summed E-state index contributed by atoms with van der Waals surface area (Å²) in [5.74, 6) is 0.290. The van der Waals surface area contributed by atoms with Crippen LogP contribution in [0.3, 0.4) is 0 Å². The third kappa shape index (κ3) is 5.48. The van der Waals surface area contributed by atoms with Gasteiger partial charge < -0.3 is 15.0 Å². The molecule has 7 heteroatoms. The van der Waals surface area contributed by atoms with Crippen LogP contribution in [0, 0.1) is 12.8 Å². The smallest absolute Gasteiger partial charge is 0.253 e. The van der Waals surface area contributed by atoms with Crippen molar-refractivity contribution in [2.24, 2.45) is 5.92 Å². The maximum Gasteiger partial charge on any atom is 0.253 e. The molecule has 0 radical (unpaired) electrons. The van der Waals surface area contributed by atoms with E-state index in [2.05, 4.69) is 21.3 Å². The van der Waals surface area contributed by atoms with Gasteiger partial charge >= 0.3 is 0 Å². The van der Waals surface area contributed by atoms with E-state index >= 15 is 0 Å². The van der Waals surface area contributed by atoms with Crippen LogP contribution in [0.5, 0.6) is 0 Å². The Balaban J connectivity index is 1.38. The Morgan fingerprint density at radius 1 is 1.16 bits per heavy atom. The number of morpholine rings is 1. The van der Waals surface area contributed by atoms with Crippen LogP contribution in [0.15, 0.2) is 42.6 Å². The number of nitrogens with one attached hydrogen (secondary N) is 1. The fourth-order valence-electron chi connectivity index (χ4n) is 4.21. The van der Waals surface area contributed by atoms with Crippen LogP contribution in [0.4, 0.5) is 5.82 Å². The average molecular weight is 423 g/mol. The molecule has 2 amide bonds. The summed E-state index contributed by atoms with van der Waals surface area (Å²) in [6, 6.07) is 11.6. The number of amides is 2. The molecule has 4 rings (SSSR count). The summed E-state index contributed by atoms with van der Waals surface area (Å²) >= 11 is 0. The largest absolute Gasteiger partial charge is 0.379 e. The number of carbonyl (C=O) groups is 2. The molecule has 2 aliphatic heterocycles. The quantitative estimate of drug-likeness (QED) is 0.802. The lowest BCUT2D eigenvalue weighted by atomic mass is 9.96. The predicted molar refractivity (Wildman–Crippen MR) is 119 cm³/mol. The minimum absolute atomic E-state index is 0.00431. The number of anilines is 1. The zero-order chi connectivity index (χ0) is 21.6. The van der Waals surface area contributed by atoms with Gasteiger partial charge in [-0.05, 0) is 49.1 Å². The van der Waals surface area contributed by atoms with Crippen LogP contribution >= 0.6 is 0 Å². The van der Waals surface area contributed by atoms with Gasteiger partial charge in [0.15, 0.2) is 0 Å². The minimum Gasteiger partial charge on any atom is -0.379 e. The van der Waals surface area contributed by atoms with Gasteiger partial charge in [0.1, 0.15) is 5.82 Å². The molecule has 3 heterocycles. The summed E-state index contributed by atoms with van der Waals surface area (Å²) in [4.78, 5) is 34.4. The van der Waals surface area contributed by atoms with Crippen LogP contribution in [-0.2, 0) is 16.1 Å². The van der Waals surface area contributed by atoms with E-state index in [1.807, 2.05) is 42.2 Å².